The van der Waals surface area contributed by atoms with E-state index >= 15 is 0 Å². The van der Waals surface area contributed by atoms with Gasteiger partial charge in [0.05, 0.1) is 6.04 Å². The van der Waals surface area contributed by atoms with E-state index in [1.165, 1.54) is 0 Å². The van der Waals surface area contributed by atoms with Crippen molar-refractivity contribution in [3.05, 3.63) is 18.5 Å². The van der Waals surface area contributed by atoms with Crippen LogP contribution in [0.5, 0.6) is 0 Å². The molecule has 0 aromatic carbocycles. The predicted molar refractivity (Wildman–Crippen MR) is 79.1 cm³/mol. The zero-order valence-corrected chi connectivity index (χ0v) is 12.7. The standard InChI is InChI=1S/C13H24N4O.ClH/c1-10(2)7-12(14)13(18)15-8-11(3)9-17-6-4-5-16-17;/h4-6,10-12H,7-9,14H2,1-3H3,(H,15,18);1H/t11?,12-;/m0./s1. The third kappa shape index (κ3) is 7.18. The normalized spacial score (nSPS) is 13.7. The Balaban J connectivity index is 0.00000324. The Labute approximate surface area is 121 Å². The van der Waals surface area contributed by atoms with Gasteiger partial charge >= 0.3 is 0 Å². The monoisotopic (exact) mass is 288 g/mol. The SMILES string of the molecule is CC(C)C[C@H](N)C(=O)NCC(C)Cn1cccn1.Cl. The van der Waals surface area contributed by atoms with E-state index in [1.807, 2.05) is 16.9 Å². The lowest BCUT2D eigenvalue weighted by Gasteiger charge is -2.17. The minimum absolute atomic E-state index is 0. The van der Waals surface area contributed by atoms with Gasteiger partial charge in [-0.3, -0.25) is 9.48 Å². The molecule has 0 aliphatic rings. The molecule has 1 heterocycles. The lowest BCUT2D eigenvalue weighted by Crippen LogP contribution is -2.43. The smallest absolute Gasteiger partial charge is 0.236 e. The third-order valence-corrected chi connectivity index (χ3v) is 2.74. The first-order chi connectivity index (χ1) is 8.49. The third-order valence-electron chi connectivity index (χ3n) is 2.74. The van der Waals surface area contributed by atoms with Gasteiger partial charge in [0.15, 0.2) is 0 Å². The summed E-state index contributed by atoms with van der Waals surface area (Å²) < 4.78 is 1.87. The largest absolute Gasteiger partial charge is 0.354 e. The highest BCUT2D eigenvalue weighted by atomic mass is 35.5. The molecule has 0 saturated carbocycles. The maximum Gasteiger partial charge on any atom is 0.236 e. The molecule has 19 heavy (non-hydrogen) atoms. The molecule has 6 heteroatoms. The van der Waals surface area contributed by atoms with Crippen LogP contribution in [0.25, 0.3) is 0 Å². The molecule has 1 aromatic heterocycles. The number of rotatable bonds is 7. The number of nitrogens with zero attached hydrogens (tertiary/aromatic N) is 2. The molecule has 0 radical (unpaired) electrons. The van der Waals surface area contributed by atoms with Gasteiger partial charge in [-0.15, -0.1) is 12.4 Å². The Kier molecular flexibility index (Phi) is 8.43. The predicted octanol–water partition coefficient (Wildman–Crippen LogP) is 1.43. The second-order valence-electron chi connectivity index (χ2n) is 5.31. The van der Waals surface area contributed by atoms with E-state index in [4.69, 9.17) is 5.73 Å². The van der Waals surface area contributed by atoms with E-state index in [-0.39, 0.29) is 18.3 Å². The summed E-state index contributed by atoms with van der Waals surface area (Å²) in [5, 5.41) is 7.03. The summed E-state index contributed by atoms with van der Waals surface area (Å²) in [6, 6.07) is 1.49. The maximum atomic E-state index is 11.7. The minimum Gasteiger partial charge on any atom is -0.354 e. The van der Waals surface area contributed by atoms with E-state index in [0.717, 1.165) is 13.0 Å². The summed E-state index contributed by atoms with van der Waals surface area (Å²) in [7, 11) is 0. The molecule has 1 amide bonds. The molecule has 3 N–H and O–H groups in total. The van der Waals surface area contributed by atoms with Gasteiger partial charge in [-0.05, 0) is 24.3 Å². The second-order valence-corrected chi connectivity index (χ2v) is 5.31. The first-order valence-electron chi connectivity index (χ1n) is 6.49. The molecule has 0 spiro atoms. The fourth-order valence-corrected chi connectivity index (χ4v) is 1.81. The van der Waals surface area contributed by atoms with Crippen LogP contribution in [-0.4, -0.2) is 28.3 Å². The van der Waals surface area contributed by atoms with Crippen LogP contribution < -0.4 is 11.1 Å². The molecule has 1 unspecified atom stereocenters. The first kappa shape index (κ1) is 17.9. The van der Waals surface area contributed by atoms with Crippen LogP contribution in [-0.2, 0) is 11.3 Å². The number of halogens is 1. The van der Waals surface area contributed by atoms with Crippen LogP contribution in [0.1, 0.15) is 27.2 Å². The Morgan fingerprint density at radius 2 is 2.11 bits per heavy atom. The molecule has 2 atom stereocenters. The topological polar surface area (TPSA) is 72.9 Å². The Hall–Kier alpha value is -1.07. The van der Waals surface area contributed by atoms with Crippen LogP contribution in [0.4, 0.5) is 0 Å². The van der Waals surface area contributed by atoms with Gasteiger partial charge in [-0.25, -0.2) is 0 Å². The molecule has 0 saturated heterocycles. The maximum absolute atomic E-state index is 11.7. The van der Waals surface area contributed by atoms with Crippen LogP contribution in [0.15, 0.2) is 18.5 Å². The average Bonchev–Trinajstić information content (AvgIpc) is 2.77. The number of aromatic nitrogens is 2. The van der Waals surface area contributed by atoms with E-state index in [9.17, 15) is 4.79 Å². The second kappa shape index (κ2) is 8.93. The van der Waals surface area contributed by atoms with E-state index in [1.54, 1.807) is 6.20 Å². The lowest BCUT2D eigenvalue weighted by atomic mass is 10.0. The average molecular weight is 289 g/mol. The Morgan fingerprint density at radius 3 is 2.63 bits per heavy atom. The van der Waals surface area contributed by atoms with Crippen molar-refractivity contribution in [1.29, 1.82) is 0 Å². The van der Waals surface area contributed by atoms with Crippen molar-refractivity contribution in [2.75, 3.05) is 6.54 Å². The number of amides is 1. The molecule has 1 aromatic rings. The molecule has 0 aliphatic heterocycles. The minimum atomic E-state index is -0.401. The zero-order chi connectivity index (χ0) is 13.5. The number of nitrogens with one attached hydrogen (secondary N) is 1. The highest BCUT2D eigenvalue weighted by Gasteiger charge is 2.15. The van der Waals surface area contributed by atoms with Crippen molar-refractivity contribution in [2.24, 2.45) is 17.6 Å². The lowest BCUT2D eigenvalue weighted by molar-refractivity contribution is -0.122. The molecule has 0 aliphatic carbocycles. The van der Waals surface area contributed by atoms with Crippen molar-refractivity contribution < 1.29 is 4.79 Å². The number of carbonyl (C=O) groups excluding carboxylic acids is 1. The summed E-state index contributed by atoms with van der Waals surface area (Å²) in [5.41, 5.74) is 5.81. The quantitative estimate of drug-likeness (QED) is 0.797. The fraction of sp³-hybridized carbons (Fsp3) is 0.692. The Bertz CT molecular complexity index is 354. The number of carbonyl (C=O) groups is 1. The van der Waals surface area contributed by atoms with Gasteiger partial charge in [-0.1, -0.05) is 20.8 Å². The van der Waals surface area contributed by atoms with Crippen molar-refractivity contribution in [3.8, 4) is 0 Å². The van der Waals surface area contributed by atoms with Crippen molar-refractivity contribution >= 4 is 18.3 Å². The summed E-state index contributed by atoms with van der Waals surface area (Å²) in [6.07, 6.45) is 4.39. The van der Waals surface area contributed by atoms with Crippen LogP contribution in [0, 0.1) is 11.8 Å². The van der Waals surface area contributed by atoms with Gasteiger partial charge < -0.3 is 11.1 Å². The Morgan fingerprint density at radius 1 is 1.42 bits per heavy atom. The van der Waals surface area contributed by atoms with Crippen LogP contribution in [0.3, 0.4) is 0 Å². The molecular formula is C13H25ClN4O. The van der Waals surface area contributed by atoms with Crippen molar-refractivity contribution in [3.63, 3.8) is 0 Å². The van der Waals surface area contributed by atoms with Crippen molar-refractivity contribution in [1.82, 2.24) is 15.1 Å². The molecule has 0 fully saturated rings. The van der Waals surface area contributed by atoms with Gasteiger partial charge in [0, 0.05) is 25.5 Å². The van der Waals surface area contributed by atoms with Gasteiger partial charge in [0.1, 0.15) is 0 Å². The van der Waals surface area contributed by atoms with Crippen LogP contribution >= 0.6 is 12.4 Å². The summed E-state index contributed by atoms with van der Waals surface area (Å²) >= 11 is 0. The molecule has 1 rings (SSSR count). The highest BCUT2D eigenvalue weighted by Crippen LogP contribution is 2.03. The van der Waals surface area contributed by atoms with Crippen molar-refractivity contribution in [2.45, 2.75) is 39.8 Å². The van der Waals surface area contributed by atoms with E-state index < -0.39 is 6.04 Å². The molecular weight excluding hydrogens is 264 g/mol. The van der Waals surface area contributed by atoms with E-state index in [0.29, 0.717) is 18.4 Å². The summed E-state index contributed by atoms with van der Waals surface area (Å²) in [4.78, 5) is 11.7. The highest BCUT2D eigenvalue weighted by molar-refractivity contribution is 5.85. The fourth-order valence-electron chi connectivity index (χ4n) is 1.81. The molecule has 0 bridgehead atoms. The first-order valence-corrected chi connectivity index (χ1v) is 6.49. The summed E-state index contributed by atoms with van der Waals surface area (Å²) in [5.74, 6) is 0.711. The number of nitrogens with two attached hydrogens (primary N) is 1. The zero-order valence-electron chi connectivity index (χ0n) is 11.9. The number of hydrogen-bond donors (Lipinski definition) is 2. The van der Waals surface area contributed by atoms with Gasteiger partial charge in [0.2, 0.25) is 5.91 Å². The van der Waals surface area contributed by atoms with E-state index in [2.05, 4.69) is 31.2 Å². The molecule has 5 nitrogen and oxygen atoms in total. The van der Waals surface area contributed by atoms with Gasteiger partial charge in [0.25, 0.3) is 0 Å². The van der Waals surface area contributed by atoms with Gasteiger partial charge in [-0.2, -0.15) is 5.10 Å². The summed E-state index contributed by atoms with van der Waals surface area (Å²) in [6.45, 7) is 7.63. The number of hydrogen-bond acceptors (Lipinski definition) is 3. The van der Waals surface area contributed by atoms with Crippen LogP contribution in [0.2, 0.25) is 0 Å². The molecule has 110 valence electrons.